The quantitative estimate of drug-likeness (QED) is 0.762. The number of aromatic amines is 1. The Hall–Kier alpha value is -2.44. The average Bonchev–Trinajstić information content (AvgIpc) is 2.92. The molecule has 0 saturated carbocycles. The molecule has 3 rings (SSSR count). The van der Waals surface area contributed by atoms with Crippen LogP contribution in [0.1, 0.15) is 13.8 Å². The predicted octanol–water partition coefficient (Wildman–Crippen LogP) is 2.05. The number of benzene rings is 1. The van der Waals surface area contributed by atoms with E-state index in [2.05, 4.69) is 34.2 Å². The molecule has 0 fully saturated rings. The molecule has 2 N–H and O–H groups in total. The molecule has 0 radical (unpaired) electrons. The number of hydrogen-bond donors (Lipinski definition) is 2. The zero-order chi connectivity index (χ0) is 14.3. The third kappa shape index (κ3) is 1.91. The molecule has 2 heterocycles. The number of imidazole rings is 1. The molecule has 3 aromatic rings. The molecule has 2 aromatic heterocycles. The summed E-state index contributed by atoms with van der Waals surface area (Å²) in [7, 11) is 3.22. The van der Waals surface area contributed by atoms with E-state index in [1.54, 1.807) is 14.2 Å². The van der Waals surface area contributed by atoms with Gasteiger partial charge in [-0.2, -0.15) is 4.98 Å². The fraction of sp³-hybridized carbons (Fsp3) is 0.385. The smallest absolute Gasteiger partial charge is 0.253 e. The van der Waals surface area contributed by atoms with Crippen LogP contribution in [0.25, 0.3) is 16.8 Å². The predicted molar refractivity (Wildman–Crippen MR) is 76.7 cm³/mol. The zero-order valence-corrected chi connectivity index (χ0v) is 11.9. The maximum Gasteiger partial charge on any atom is 0.253 e. The van der Waals surface area contributed by atoms with Gasteiger partial charge in [0.15, 0.2) is 11.5 Å². The van der Waals surface area contributed by atoms with Crippen molar-refractivity contribution >= 4 is 22.8 Å². The van der Waals surface area contributed by atoms with Gasteiger partial charge in [-0.15, -0.1) is 0 Å². The van der Waals surface area contributed by atoms with Crippen molar-refractivity contribution in [3.8, 4) is 11.5 Å². The molecule has 1 aromatic carbocycles. The van der Waals surface area contributed by atoms with Crippen molar-refractivity contribution in [3.63, 3.8) is 0 Å². The summed E-state index contributed by atoms with van der Waals surface area (Å²) in [4.78, 5) is 8.88. The Balaban J connectivity index is 2.17. The van der Waals surface area contributed by atoms with Gasteiger partial charge in [0.25, 0.3) is 5.78 Å². The van der Waals surface area contributed by atoms with E-state index in [1.165, 1.54) is 0 Å². The fourth-order valence-electron chi connectivity index (χ4n) is 2.15. The Morgan fingerprint density at radius 1 is 1.15 bits per heavy atom. The van der Waals surface area contributed by atoms with E-state index in [0.29, 0.717) is 29.3 Å². The van der Waals surface area contributed by atoms with Crippen LogP contribution in [0.5, 0.6) is 11.5 Å². The van der Waals surface area contributed by atoms with Crippen molar-refractivity contribution in [3.05, 3.63) is 12.1 Å². The molecular formula is C13H17N5O2. The van der Waals surface area contributed by atoms with E-state index in [1.807, 2.05) is 16.6 Å². The van der Waals surface area contributed by atoms with E-state index < -0.39 is 0 Å². The first-order chi connectivity index (χ1) is 9.62. The Labute approximate surface area is 115 Å². The molecule has 0 aliphatic heterocycles. The largest absolute Gasteiger partial charge is 0.493 e. The molecule has 0 spiro atoms. The van der Waals surface area contributed by atoms with Crippen LogP contribution >= 0.6 is 0 Å². The normalized spacial score (nSPS) is 11.4. The number of nitrogens with zero attached hydrogens (tertiary/aromatic N) is 3. The van der Waals surface area contributed by atoms with Crippen LogP contribution in [0.3, 0.4) is 0 Å². The van der Waals surface area contributed by atoms with Gasteiger partial charge in [0.2, 0.25) is 5.95 Å². The molecule has 0 bridgehead atoms. The number of rotatable bonds is 4. The molecule has 7 heteroatoms. The summed E-state index contributed by atoms with van der Waals surface area (Å²) in [6, 6.07) is 4.02. The van der Waals surface area contributed by atoms with Gasteiger partial charge in [-0.05, 0) is 13.8 Å². The van der Waals surface area contributed by atoms with Crippen LogP contribution in [0.4, 0.5) is 5.95 Å². The molecular weight excluding hydrogens is 258 g/mol. The number of hydrogen-bond acceptors (Lipinski definition) is 5. The summed E-state index contributed by atoms with van der Waals surface area (Å²) in [6.07, 6.45) is 0. The summed E-state index contributed by atoms with van der Waals surface area (Å²) in [5.41, 5.74) is 1.69. The van der Waals surface area contributed by atoms with Gasteiger partial charge in [-0.3, -0.25) is 5.10 Å². The van der Waals surface area contributed by atoms with Crippen molar-refractivity contribution in [1.82, 2.24) is 19.6 Å². The highest BCUT2D eigenvalue weighted by molar-refractivity contribution is 5.83. The maximum absolute atomic E-state index is 5.32. The van der Waals surface area contributed by atoms with Crippen LogP contribution < -0.4 is 14.8 Å². The minimum atomic E-state index is 0.298. The SMILES string of the molecule is COc1cc2nc3nc(NC(C)C)[nH]n3c2cc1OC. The Kier molecular flexibility index (Phi) is 2.89. The molecule has 0 atom stereocenters. The van der Waals surface area contributed by atoms with E-state index >= 15 is 0 Å². The summed E-state index contributed by atoms with van der Waals surface area (Å²) < 4.78 is 12.4. The second-order valence-corrected chi connectivity index (χ2v) is 4.81. The minimum Gasteiger partial charge on any atom is -0.493 e. The zero-order valence-electron chi connectivity index (χ0n) is 11.9. The maximum atomic E-state index is 5.32. The molecule has 20 heavy (non-hydrogen) atoms. The lowest BCUT2D eigenvalue weighted by molar-refractivity contribution is 0.355. The Bertz CT molecular complexity index is 759. The molecule has 0 aliphatic carbocycles. The van der Waals surface area contributed by atoms with Crippen molar-refractivity contribution in [2.24, 2.45) is 0 Å². The van der Waals surface area contributed by atoms with Gasteiger partial charge in [-0.1, -0.05) is 0 Å². The molecule has 0 unspecified atom stereocenters. The van der Waals surface area contributed by atoms with Crippen LogP contribution in [-0.2, 0) is 0 Å². The van der Waals surface area contributed by atoms with Crippen molar-refractivity contribution in [2.45, 2.75) is 19.9 Å². The third-order valence-corrected chi connectivity index (χ3v) is 3.00. The van der Waals surface area contributed by atoms with E-state index in [4.69, 9.17) is 9.47 Å². The number of methoxy groups -OCH3 is 2. The summed E-state index contributed by atoms with van der Waals surface area (Å²) in [6.45, 7) is 4.11. The number of fused-ring (bicyclic) bond motifs is 3. The highest BCUT2D eigenvalue weighted by atomic mass is 16.5. The Morgan fingerprint density at radius 3 is 2.50 bits per heavy atom. The topological polar surface area (TPSA) is 76.5 Å². The minimum absolute atomic E-state index is 0.298. The standard InChI is InChI=1S/C13H17N5O2/c1-7(2)14-12-16-13-15-8-5-10(19-3)11(20-4)6-9(8)18(13)17-12/h5-7H,1-4H3,(H2,14,15,16,17). The molecule has 7 nitrogen and oxygen atoms in total. The number of nitrogens with one attached hydrogen (secondary N) is 2. The first kappa shape index (κ1) is 12.6. The number of anilines is 1. The lowest BCUT2D eigenvalue weighted by Gasteiger charge is -2.07. The molecule has 0 saturated heterocycles. The summed E-state index contributed by atoms with van der Waals surface area (Å²) in [5, 5.41) is 6.39. The molecule has 0 amide bonds. The lowest BCUT2D eigenvalue weighted by atomic mass is 10.3. The highest BCUT2D eigenvalue weighted by Crippen LogP contribution is 2.32. The van der Waals surface area contributed by atoms with Gasteiger partial charge in [0, 0.05) is 18.2 Å². The van der Waals surface area contributed by atoms with Crippen LogP contribution in [-0.4, -0.2) is 39.8 Å². The van der Waals surface area contributed by atoms with Crippen molar-refractivity contribution < 1.29 is 9.47 Å². The van der Waals surface area contributed by atoms with Gasteiger partial charge in [0.1, 0.15) is 0 Å². The highest BCUT2D eigenvalue weighted by Gasteiger charge is 2.14. The van der Waals surface area contributed by atoms with E-state index in [0.717, 1.165) is 11.0 Å². The van der Waals surface area contributed by atoms with Crippen LogP contribution in [0, 0.1) is 0 Å². The van der Waals surface area contributed by atoms with E-state index in [-0.39, 0.29) is 0 Å². The van der Waals surface area contributed by atoms with Crippen LogP contribution in [0.15, 0.2) is 12.1 Å². The monoisotopic (exact) mass is 275 g/mol. The number of aromatic nitrogens is 4. The number of ether oxygens (including phenoxy) is 2. The van der Waals surface area contributed by atoms with Gasteiger partial charge < -0.3 is 14.8 Å². The fourth-order valence-corrected chi connectivity index (χ4v) is 2.15. The molecule has 0 aliphatic rings. The average molecular weight is 275 g/mol. The van der Waals surface area contributed by atoms with Crippen LogP contribution in [0.2, 0.25) is 0 Å². The van der Waals surface area contributed by atoms with Gasteiger partial charge in [-0.25, -0.2) is 9.50 Å². The first-order valence-electron chi connectivity index (χ1n) is 6.39. The molecule has 106 valence electrons. The second-order valence-electron chi connectivity index (χ2n) is 4.81. The third-order valence-electron chi connectivity index (χ3n) is 3.00. The van der Waals surface area contributed by atoms with Crippen molar-refractivity contribution in [1.29, 1.82) is 0 Å². The Morgan fingerprint density at radius 2 is 1.85 bits per heavy atom. The van der Waals surface area contributed by atoms with Gasteiger partial charge >= 0.3 is 0 Å². The first-order valence-corrected chi connectivity index (χ1v) is 6.39. The lowest BCUT2D eigenvalue weighted by Crippen LogP contribution is -2.11. The summed E-state index contributed by atoms with van der Waals surface area (Å²) >= 11 is 0. The van der Waals surface area contributed by atoms with Crippen molar-refractivity contribution in [2.75, 3.05) is 19.5 Å². The summed E-state index contributed by atoms with van der Waals surface area (Å²) in [5.74, 6) is 2.62. The number of H-pyrrole nitrogens is 1. The van der Waals surface area contributed by atoms with Gasteiger partial charge in [0.05, 0.1) is 25.3 Å². The van der Waals surface area contributed by atoms with E-state index in [9.17, 15) is 0 Å². The second kappa shape index (κ2) is 4.59.